The molecule has 0 bridgehead atoms. The van der Waals surface area contributed by atoms with Gasteiger partial charge in [0.25, 0.3) is 0 Å². The summed E-state index contributed by atoms with van der Waals surface area (Å²) < 4.78 is 14.1. The summed E-state index contributed by atoms with van der Waals surface area (Å²) in [7, 11) is 0. The Morgan fingerprint density at radius 2 is 1.68 bits per heavy atom. The number of aromatic nitrogens is 2. The maximum absolute atomic E-state index is 14.1. The molecule has 156 valence electrons. The maximum Gasteiger partial charge on any atom is 0.165 e. The van der Waals surface area contributed by atoms with Gasteiger partial charge in [0.2, 0.25) is 0 Å². The van der Waals surface area contributed by atoms with E-state index in [0.717, 1.165) is 38.2 Å². The molecule has 1 N–H and O–H groups in total. The number of hydrogen-bond acceptors (Lipinski definition) is 4. The van der Waals surface area contributed by atoms with Crippen LogP contribution >= 0.6 is 0 Å². The minimum absolute atomic E-state index is 0.134. The summed E-state index contributed by atoms with van der Waals surface area (Å²) >= 11 is 0. The first-order valence-electron chi connectivity index (χ1n) is 10.7. The summed E-state index contributed by atoms with van der Waals surface area (Å²) in [6, 6.07) is 22.3. The maximum atomic E-state index is 14.1. The van der Waals surface area contributed by atoms with E-state index in [0.29, 0.717) is 28.2 Å². The molecule has 0 spiro atoms. The van der Waals surface area contributed by atoms with Gasteiger partial charge in [-0.3, -0.25) is 0 Å². The second-order valence-electron chi connectivity index (χ2n) is 8.07. The third-order valence-corrected chi connectivity index (χ3v) is 6.08. The number of nitrogens with zero attached hydrogens (tertiary/aromatic N) is 3. The minimum Gasteiger partial charge on any atom is -0.507 e. The van der Waals surface area contributed by atoms with Crippen LogP contribution in [0.5, 0.6) is 5.75 Å². The van der Waals surface area contributed by atoms with Crippen LogP contribution in [0.1, 0.15) is 30.7 Å². The zero-order valence-electron chi connectivity index (χ0n) is 17.2. The topological polar surface area (TPSA) is 49.3 Å². The zero-order valence-corrected chi connectivity index (χ0v) is 17.2. The first-order chi connectivity index (χ1) is 15.2. The van der Waals surface area contributed by atoms with Gasteiger partial charge < -0.3 is 10.0 Å². The standard InChI is InChI=1S/C26H24FN3O/c27-20-12-13-23-22(17-20)26(29-25(28-23)21-10-4-5-11-24(21)31)30-15-6-9-19(14-16-30)18-7-2-1-3-8-18/h1-5,7-8,10-13,17,19,31H,6,9,14-16H2. The largest absolute Gasteiger partial charge is 0.507 e. The lowest BCUT2D eigenvalue weighted by molar-refractivity contribution is 0.477. The molecule has 5 rings (SSSR count). The van der Waals surface area contributed by atoms with Gasteiger partial charge in [-0.05, 0) is 61.1 Å². The number of rotatable bonds is 3. The molecular weight excluding hydrogens is 389 g/mol. The molecule has 4 nitrogen and oxygen atoms in total. The number of para-hydroxylation sites is 1. The number of aromatic hydroxyl groups is 1. The molecule has 0 saturated carbocycles. The Balaban J connectivity index is 1.55. The molecule has 5 heteroatoms. The number of benzene rings is 3. The van der Waals surface area contributed by atoms with Crippen LogP contribution in [0.4, 0.5) is 10.2 Å². The number of hydrogen-bond donors (Lipinski definition) is 1. The quantitative estimate of drug-likeness (QED) is 0.453. The average molecular weight is 413 g/mol. The Bertz CT molecular complexity index is 1210. The first kappa shape index (κ1) is 19.5. The lowest BCUT2D eigenvalue weighted by Crippen LogP contribution is -2.25. The van der Waals surface area contributed by atoms with Gasteiger partial charge in [-0.25, -0.2) is 14.4 Å². The molecule has 3 aromatic carbocycles. The van der Waals surface area contributed by atoms with Crippen LogP contribution in [0.3, 0.4) is 0 Å². The average Bonchev–Trinajstić information content (AvgIpc) is 3.06. The van der Waals surface area contributed by atoms with E-state index in [9.17, 15) is 9.50 Å². The second-order valence-corrected chi connectivity index (χ2v) is 8.07. The molecule has 1 aliphatic rings. The van der Waals surface area contributed by atoms with Crippen molar-refractivity contribution in [3.05, 3.63) is 84.2 Å². The van der Waals surface area contributed by atoms with Crippen molar-refractivity contribution < 1.29 is 9.50 Å². The van der Waals surface area contributed by atoms with Crippen LogP contribution in [0.2, 0.25) is 0 Å². The molecule has 2 heterocycles. The smallest absolute Gasteiger partial charge is 0.165 e. The van der Waals surface area contributed by atoms with Gasteiger partial charge >= 0.3 is 0 Å². The van der Waals surface area contributed by atoms with E-state index in [1.54, 1.807) is 24.3 Å². The molecule has 1 atom stereocenters. The van der Waals surface area contributed by atoms with E-state index in [2.05, 4.69) is 40.2 Å². The summed E-state index contributed by atoms with van der Waals surface area (Å²) in [5.74, 6) is 1.53. The van der Waals surface area contributed by atoms with Crippen molar-refractivity contribution >= 4 is 16.7 Å². The lowest BCUT2D eigenvalue weighted by atomic mass is 9.92. The molecule has 0 amide bonds. The fourth-order valence-corrected chi connectivity index (χ4v) is 4.48. The van der Waals surface area contributed by atoms with Crippen molar-refractivity contribution in [1.82, 2.24) is 9.97 Å². The van der Waals surface area contributed by atoms with Crippen molar-refractivity contribution in [2.75, 3.05) is 18.0 Å². The number of fused-ring (bicyclic) bond motifs is 1. The molecule has 1 unspecified atom stereocenters. The highest BCUT2D eigenvalue weighted by molar-refractivity contribution is 5.91. The third-order valence-electron chi connectivity index (χ3n) is 6.08. The predicted octanol–water partition coefficient (Wildman–Crippen LogP) is 5.92. The Kier molecular flexibility index (Phi) is 5.24. The molecule has 31 heavy (non-hydrogen) atoms. The molecule has 1 aliphatic heterocycles. The van der Waals surface area contributed by atoms with Crippen molar-refractivity contribution in [1.29, 1.82) is 0 Å². The van der Waals surface area contributed by atoms with Gasteiger partial charge in [0.15, 0.2) is 5.82 Å². The van der Waals surface area contributed by atoms with E-state index in [1.165, 1.54) is 17.7 Å². The van der Waals surface area contributed by atoms with Gasteiger partial charge in [-0.15, -0.1) is 0 Å². The summed E-state index contributed by atoms with van der Waals surface area (Å²) in [5.41, 5.74) is 2.62. The van der Waals surface area contributed by atoms with E-state index >= 15 is 0 Å². The van der Waals surface area contributed by atoms with E-state index < -0.39 is 0 Å². The summed E-state index contributed by atoms with van der Waals surface area (Å²) in [5, 5.41) is 11.0. The first-order valence-corrected chi connectivity index (χ1v) is 10.7. The predicted molar refractivity (Wildman–Crippen MR) is 122 cm³/mol. The SMILES string of the molecule is Oc1ccccc1-c1nc(N2CCCC(c3ccccc3)CC2)c2cc(F)ccc2n1. The van der Waals surface area contributed by atoms with Crippen LogP contribution in [-0.4, -0.2) is 28.2 Å². The molecule has 1 fully saturated rings. The molecular formula is C26H24FN3O. The molecule has 1 saturated heterocycles. The van der Waals surface area contributed by atoms with Crippen LogP contribution in [0.25, 0.3) is 22.3 Å². The minimum atomic E-state index is -0.301. The van der Waals surface area contributed by atoms with E-state index in [1.807, 2.05) is 6.07 Å². The monoisotopic (exact) mass is 413 g/mol. The van der Waals surface area contributed by atoms with Gasteiger partial charge in [-0.2, -0.15) is 0 Å². The van der Waals surface area contributed by atoms with Gasteiger partial charge in [0.1, 0.15) is 17.4 Å². The summed E-state index contributed by atoms with van der Waals surface area (Å²) in [4.78, 5) is 11.7. The van der Waals surface area contributed by atoms with E-state index in [-0.39, 0.29) is 11.6 Å². The highest BCUT2D eigenvalue weighted by atomic mass is 19.1. The Morgan fingerprint density at radius 1 is 0.871 bits per heavy atom. The van der Waals surface area contributed by atoms with Crippen molar-refractivity contribution in [2.45, 2.75) is 25.2 Å². The fourth-order valence-electron chi connectivity index (χ4n) is 4.48. The van der Waals surface area contributed by atoms with Crippen molar-refractivity contribution in [3.8, 4) is 17.1 Å². The number of phenols is 1. The molecule has 1 aromatic heterocycles. The third kappa shape index (κ3) is 3.96. The van der Waals surface area contributed by atoms with Crippen LogP contribution in [0, 0.1) is 5.82 Å². The highest BCUT2D eigenvalue weighted by Crippen LogP contribution is 2.34. The Labute approximate surface area is 181 Å². The van der Waals surface area contributed by atoms with Crippen LogP contribution in [0.15, 0.2) is 72.8 Å². The summed E-state index contributed by atoms with van der Waals surface area (Å²) in [6.07, 6.45) is 3.16. The van der Waals surface area contributed by atoms with Crippen LogP contribution in [-0.2, 0) is 0 Å². The number of halogens is 1. The van der Waals surface area contributed by atoms with Gasteiger partial charge in [0, 0.05) is 18.5 Å². The normalized spacial score (nSPS) is 16.9. The highest BCUT2D eigenvalue weighted by Gasteiger charge is 2.22. The molecule has 0 radical (unpaired) electrons. The lowest BCUT2D eigenvalue weighted by Gasteiger charge is -2.24. The van der Waals surface area contributed by atoms with Gasteiger partial charge in [0.05, 0.1) is 11.1 Å². The second kappa shape index (κ2) is 8.34. The van der Waals surface area contributed by atoms with E-state index in [4.69, 9.17) is 4.98 Å². The molecule has 4 aromatic rings. The number of anilines is 1. The molecule has 0 aliphatic carbocycles. The fraction of sp³-hybridized carbons (Fsp3) is 0.231. The van der Waals surface area contributed by atoms with Gasteiger partial charge in [-0.1, -0.05) is 42.5 Å². The van der Waals surface area contributed by atoms with Crippen molar-refractivity contribution in [2.24, 2.45) is 0 Å². The number of phenolic OH excluding ortho intramolecular Hbond substituents is 1. The van der Waals surface area contributed by atoms with Crippen molar-refractivity contribution in [3.63, 3.8) is 0 Å². The van der Waals surface area contributed by atoms with Crippen LogP contribution < -0.4 is 4.90 Å². The zero-order chi connectivity index (χ0) is 21.2. The Morgan fingerprint density at radius 3 is 2.52 bits per heavy atom. The summed E-state index contributed by atoms with van der Waals surface area (Å²) in [6.45, 7) is 1.69. The Hall–Kier alpha value is -3.47.